The van der Waals surface area contributed by atoms with E-state index in [1.807, 2.05) is 0 Å². The minimum absolute atomic E-state index is 0.000590. The lowest BCUT2D eigenvalue weighted by Gasteiger charge is -1.97. The maximum absolute atomic E-state index is 10.7. The van der Waals surface area contributed by atoms with E-state index in [2.05, 4.69) is 4.74 Å². The number of aliphatic hydroxyl groups excluding tert-OH is 1. The topological polar surface area (TPSA) is 46.5 Å². The molecule has 0 aromatic carbocycles. The van der Waals surface area contributed by atoms with Crippen molar-refractivity contribution in [1.29, 1.82) is 0 Å². The summed E-state index contributed by atoms with van der Waals surface area (Å²) in [6, 6.07) is 0. The van der Waals surface area contributed by atoms with Gasteiger partial charge in [0.15, 0.2) is 0 Å². The molecule has 3 nitrogen and oxygen atoms in total. The fourth-order valence-corrected chi connectivity index (χ4v) is 0.542. The molecule has 0 aliphatic rings. The van der Waals surface area contributed by atoms with Gasteiger partial charge < -0.3 is 9.84 Å². The number of aliphatic hydroxyl groups is 1. The van der Waals surface area contributed by atoms with Crippen molar-refractivity contribution in [1.82, 2.24) is 0 Å². The molecule has 0 bridgehead atoms. The Kier molecular flexibility index (Phi) is 5.47. The summed E-state index contributed by atoms with van der Waals surface area (Å²) in [5.74, 6) is -0.250. The molecule has 0 atom stereocenters. The van der Waals surface area contributed by atoms with Crippen LogP contribution in [0.3, 0.4) is 0 Å². The normalized spacial score (nSPS) is 11.4. The van der Waals surface area contributed by atoms with E-state index < -0.39 is 0 Å². The van der Waals surface area contributed by atoms with Gasteiger partial charge in [-0.3, -0.25) is 4.79 Å². The van der Waals surface area contributed by atoms with Gasteiger partial charge in [0, 0.05) is 0 Å². The number of hydrogen-bond donors (Lipinski definition) is 1. The van der Waals surface area contributed by atoms with Gasteiger partial charge in [0.2, 0.25) is 0 Å². The van der Waals surface area contributed by atoms with Gasteiger partial charge in [0.25, 0.3) is 0 Å². The third-order valence-corrected chi connectivity index (χ3v) is 1.17. The summed E-state index contributed by atoms with van der Waals surface area (Å²) in [6.45, 7) is 3.93. The summed E-state index contributed by atoms with van der Waals surface area (Å²) in [7, 11) is 0. The molecule has 0 aromatic rings. The quantitative estimate of drug-likeness (QED) is 0.488. The summed E-state index contributed by atoms with van der Waals surface area (Å²) >= 11 is 0. The fraction of sp³-hybridized carbons (Fsp3) is 0.625. The summed E-state index contributed by atoms with van der Waals surface area (Å²) in [5.41, 5.74) is 0.790. The van der Waals surface area contributed by atoms with Crippen molar-refractivity contribution < 1.29 is 14.6 Å². The highest BCUT2D eigenvalue weighted by atomic mass is 16.5. The highest BCUT2D eigenvalue weighted by Gasteiger charge is 1.97. The second-order valence-electron chi connectivity index (χ2n) is 2.22. The van der Waals surface area contributed by atoms with Crippen LogP contribution in [0.2, 0.25) is 0 Å². The van der Waals surface area contributed by atoms with Gasteiger partial charge in [0.05, 0.1) is 19.6 Å². The van der Waals surface area contributed by atoms with Gasteiger partial charge in [-0.2, -0.15) is 0 Å². The Morgan fingerprint density at radius 2 is 2.27 bits per heavy atom. The number of hydrogen-bond acceptors (Lipinski definition) is 3. The molecule has 0 rings (SSSR count). The number of ether oxygens (including phenoxy) is 1. The Morgan fingerprint density at radius 1 is 1.64 bits per heavy atom. The maximum Gasteiger partial charge on any atom is 0.309 e. The smallest absolute Gasteiger partial charge is 0.309 e. The number of carbonyl (C=O) groups excluding carboxylic acids is 1. The number of rotatable bonds is 4. The lowest BCUT2D eigenvalue weighted by atomic mass is 10.2. The molecule has 0 aromatic heterocycles. The summed E-state index contributed by atoms with van der Waals surface area (Å²) in [5, 5.41) is 8.56. The van der Waals surface area contributed by atoms with Gasteiger partial charge in [-0.1, -0.05) is 11.6 Å². The molecule has 0 aliphatic carbocycles. The van der Waals surface area contributed by atoms with E-state index >= 15 is 0 Å². The van der Waals surface area contributed by atoms with Crippen LogP contribution in [0.4, 0.5) is 0 Å². The highest BCUT2D eigenvalue weighted by molar-refractivity contribution is 5.71. The van der Waals surface area contributed by atoms with Crippen molar-refractivity contribution in [3.8, 4) is 0 Å². The van der Waals surface area contributed by atoms with Gasteiger partial charge in [-0.15, -0.1) is 0 Å². The lowest BCUT2D eigenvalue weighted by Crippen LogP contribution is -2.02. The second-order valence-corrected chi connectivity index (χ2v) is 2.22. The van der Waals surface area contributed by atoms with Crippen LogP contribution in [-0.2, 0) is 9.53 Å². The Hall–Kier alpha value is -0.830. The van der Waals surface area contributed by atoms with Crippen molar-refractivity contribution in [3.63, 3.8) is 0 Å². The molecule has 3 heteroatoms. The van der Waals surface area contributed by atoms with Crippen LogP contribution in [0, 0.1) is 0 Å². The molecular formula is C8H14O3. The summed E-state index contributed by atoms with van der Waals surface area (Å²) in [4.78, 5) is 10.7. The van der Waals surface area contributed by atoms with E-state index in [4.69, 9.17) is 5.11 Å². The molecule has 0 aliphatic heterocycles. The highest BCUT2D eigenvalue weighted by Crippen LogP contribution is 1.95. The van der Waals surface area contributed by atoms with Gasteiger partial charge in [-0.05, 0) is 13.8 Å². The van der Waals surface area contributed by atoms with Crippen LogP contribution in [0.15, 0.2) is 11.6 Å². The number of carbonyl (C=O) groups is 1. The fourth-order valence-electron chi connectivity index (χ4n) is 0.542. The minimum atomic E-state index is -0.250. The summed E-state index contributed by atoms with van der Waals surface area (Å²) < 4.78 is 4.67. The molecule has 0 radical (unpaired) electrons. The molecule has 0 spiro atoms. The Bertz CT molecular complexity index is 149. The average Bonchev–Trinajstić information content (AvgIpc) is 2.01. The zero-order chi connectivity index (χ0) is 8.69. The largest absolute Gasteiger partial charge is 0.466 e. The van der Waals surface area contributed by atoms with E-state index in [9.17, 15) is 4.79 Å². The van der Waals surface area contributed by atoms with Crippen molar-refractivity contribution in [2.75, 3.05) is 13.2 Å². The molecule has 0 amide bonds. The Balaban J connectivity index is 3.60. The van der Waals surface area contributed by atoms with Crippen LogP contribution in [0.1, 0.15) is 20.3 Å². The van der Waals surface area contributed by atoms with Crippen LogP contribution in [-0.4, -0.2) is 24.3 Å². The molecular weight excluding hydrogens is 144 g/mol. The van der Waals surface area contributed by atoms with Crippen LogP contribution < -0.4 is 0 Å². The van der Waals surface area contributed by atoms with Crippen molar-refractivity contribution in [2.24, 2.45) is 0 Å². The third-order valence-electron chi connectivity index (χ3n) is 1.17. The van der Waals surface area contributed by atoms with Gasteiger partial charge in [-0.25, -0.2) is 0 Å². The summed E-state index contributed by atoms with van der Waals surface area (Å²) in [6.07, 6.45) is 1.91. The SMILES string of the molecule is CCOC(=O)C/C=C(\C)CO. The zero-order valence-corrected chi connectivity index (χ0v) is 6.96. The zero-order valence-electron chi connectivity index (χ0n) is 6.96. The molecule has 0 saturated carbocycles. The van der Waals surface area contributed by atoms with E-state index in [1.54, 1.807) is 19.9 Å². The van der Waals surface area contributed by atoms with Crippen molar-refractivity contribution in [3.05, 3.63) is 11.6 Å². The van der Waals surface area contributed by atoms with Crippen molar-refractivity contribution >= 4 is 5.97 Å². The molecule has 1 N–H and O–H groups in total. The molecule has 0 saturated heterocycles. The van der Waals surface area contributed by atoms with Gasteiger partial charge in [0.1, 0.15) is 0 Å². The van der Waals surface area contributed by atoms with E-state index in [0.29, 0.717) is 6.61 Å². The third kappa shape index (κ3) is 5.61. The average molecular weight is 158 g/mol. The maximum atomic E-state index is 10.7. The predicted molar refractivity (Wildman–Crippen MR) is 42.1 cm³/mol. The monoisotopic (exact) mass is 158 g/mol. The molecule has 0 unspecified atom stereocenters. The first-order valence-electron chi connectivity index (χ1n) is 3.62. The first kappa shape index (κ1) is 10.2. The van der Waals surface area contributed by atoms with Crippen LogP contribution in [0.5, 0.6) is 0 Å². The van der Waals surface area contributed by atoms with Crippen molar-refractivity contribution in [2.45, 2.75) is 20.3 Å². The van der Waals surface area contributed by atoms with Crippen LogP contribution in [0.25, 0.3) is 0 Å². The molecule has 0 fully saturated rings. The molecule has 64 valence electrons. The Labute approximate surface area is 66.7 Å². The van der Waals surface area contributed by atoms with Gasteiger partial charge >= 0.3 is 5.97 Å². The van der Waals surface area contributed by atoms with E-state index in [-0.39, 0.29) is 19.0 Å². The molecule has 11 heavy (non-hydrogen) atoms. The second kappa shape index (κ2) is 5.92. The minimum Gasteiger partial charge on any atom is -0.466 e. The molecule has 0 heterocycles. The first-order valence-corrected chi connectivity index (χ1v) is 3.62. The van der Waals surface area contributed by atoms with Crippen LogP contribution >= 0.6 is 0 Å². The lowest BCUT2D eigenvalue weighted by molar-refractivity contribution is -0.142. The predicted octanol–water partition coefficient (Wildman–Crippen LogP) is 0.878. The standard InChI is InChI=1S/C8H14O3/c1-3-11-8(10)5-4-7(2)6-9/h4,9H,3,5-6H2,1-2H3/b7-4+. The van der Waals surface area contributed by atoms with E-state index in [1.165, 1.54) is 0 Å². The Morgan fingerprint density at radius 3 is 2.73 bits per heavy atom. The first-order chi connectivity index (χ1) is 5.20. The number of esters is 1. The van der Waals surface area contributed by atoms with E-state index in [0.717, 1.165) is 5.57 Å².